The minimum Gasteiger partial charge on any atom is -0.373 e. The van der Waals surface area contributed by atoms with Crippen LogP contribution < -0.4 is 10.6 Å². The second-order valence-corrected chi connectivity index (χ2v) is 7.34. The molecule has 0 bridgehead atoms. The van der Waals surface area contributed by atoms with E-state index in [9.17, 15) is 4.79 Å². The van der Waals surface area contributed by atoms with Crippen LogP contribution in [-0.4, -0.2) is 32.9 Å². The Balaban J connectivity index is 1.66. The number of nitrogens with one attached hydrogen (secondary N) is 2. The molecule has 3 aromatic heterocycles. The Bertz CT molecular complexity index is 1150. The molecule has 160 valence electrons. The summed E-state index contributed by atoms with van der Waals surface area (Å²) in [6.45, 7) is 0. The molecule has 4 rings (SSSR count). The highest BCUT2D eigenvalue weighted by Gasteiger charge is 2.20. The maximum atomic E-state index is 12.9. The van der Waals surface area contributed by atoms with Crippen molar-refractivity contribution in [2.45, 2.75) is 18.9 Å². The topological polar surface area (TPSA) is 92.7 Å². The fourth-order valence-corrected chi connectivity index (χ4v) is 3.41. The highest BCUT2D eigenvalue weighted by molar-refractivity contribution is 5.79. The van der Waals surface area contributed by atoms with Crippen LogP contribution >= 0.6 is 0 Å². The molecule has 0 saturated carbocycles. The molecule has 0 aliphatic rings. The van der Waals surface area contributed by atoms with Gasteiger partial charge in [0.15, 0.2) is 5.82 Å². The first-order valence-corrected chi connectivity index (χ1v) is 10.4. The molecule has 0 spiro atoms. The van der Waals surface area contributed by atoms with Gasteiger partial charge < -0.3 is 10.6 Å². The van der Waals surface area contributed by atoms with Crippen molar-refractivity contribution in [2.75, 3.05) is 12.4 Å². The van der Waals surface area contributed by atoms with Gasteiger partial charge in [0.2, 0.25) is 5.91 Å². The number of hydrogen-bond donors (Lipinski definition) is 2. The van der Waals surface area contributed by atoms with E-state index in [4.69, 9.17) is 4.98 Å². The van der Waals surface area contributed by atoms with Gasteiger partial charge in [-0.05, 0) is 35.7 Å². The standard InChI is InChI=1S/C25H24N6O/c1-26-23-15-22(30-25(31-23)20-10-6-12-28-17-20)21(13-18-7-3-2-4-8-18)29-24(32)14-19-9-5-11-27-16-19/h2-12,15-17,21H,13-14H2,1H3,(H,29,32)(H,26,30,31)/t21-/m1/s1. The lowest BCUT2D eigenvalue weighted by atomic mass is 10.0. The number of amides is 1. The predicted molar refractivity (Wildman–Crippen MR) is 124 cm³/mol. The molecule has 32 heavy (non-hydrogen) atoms. The van der Waals surface area contributed by atoms with Gasteiger partial charge in [-0.3, -0.25) is 14.8 Å². The van der Waals surface area contributed by atoms with E-state index in [1.54, 1.807) is 24.8 Å². The van der Waals surface area contributed by atoms with Crippen molar-refractivity contribution in [1.82, 2.24) is 25.3 Å². The summed E-state index contributed by atoms with van der Waals surface area (Å²) in [5.74, 6) is 1.14. The van der Waals surface area contributed by atoms with Crippen molar-refractivity contribution < 1.29 is 4.79 Å². The Morgan fingerprint density at radius 3 is 2.34 bits per heavy atom. The second kappa shape index (κ2) is 10.3. The largest absolute Gasteiger partial charge is 0.373 e. The summed E-state index contributed by atoms with van der Waals surface area (Å²) >= 11 is 0. The van der Waals surface area contributed by atoms with Crippen LogP contribution in [0, 0.1) is 0 Å². The zero-order valence-corrected chi connectivity index (χ0v) is 17.8. The lowest BCUT2D eigenvalue weighted by Gasteiger charge is -2.20. The van der Waals surface area contributed by atoms with Crippen LogP contribution in [0.4, 0.5) is 5.82 Å². The van der Waals surface area contributed by atoms with E-state index >= 15 is 0 Å². The number of carbonyl (C=O) groups is 1. The first-order chi connectivity index (χ1) is 15.7. The van der Waals surface area contributed by atoms with Crippen LogP contribution in [0.1, 0.15) is 22.9 Å². The number of anilines is 1. The third-order valence-electron chi connectivity index (χ3n) is 4.98. The van der Waals surface area contributed by atoms with Gasteiger partial charge in [-0.1, -0.05) is 36.4 Å². The maximum Gasteiger partial charge on any atom is 0.225 e. The molecular weight excluding hydrogens is 400 g/mol. The Morgan fingerprint density at radius 2 is 1.66 bits per heavy atom. The Morgan fingerprint density at radius 1 is 0.906 bits per heavy atom. The summed E-state index contributed by atoms with van der Waals surface area (Å²) in [6, 6.07) is 19.1. The second-order valence-electron chi connectivity index (χ2n) is 7.34. The molecule has 7 heteroatoms. The molecule has 3 heterocycles. The van der Waals surface area contributed by atoms with Gasteiger partial charge in [0, 0.05) is 43.5 Å². The Hall–Kier alpha value is -4.13. The van der Waals surface area contributed by atoms with Gasteiger partial charge in [0.1, 0.15) is 5.82 Å². The van der Waals surface area contributed by atoms with E-state index in [0.29, 0.717) is 18.1 Å². The van der Waals surface area contributed by atoms with Crippen LogP contribution in [0.3, 0.4) is 0 Å². The van der Waals surface area contributed by atoms with E-state index in [-0.39, 0.29) is 18.4 Å². The molecule has 0 aliphatic heterocycles. The zero-order valence-electron chi connectivity index (χ0n) is 17.8. The number of carbonyl (C=O) groups excluding carboxylic acids is 1. The summed E-state index contributed by atoms with van der Waals surface area (Å²) in [5.41, 5.74) is 3.50. The quantitative estimate of drug-likeness (QED) is 0.449. The van der Waals surface area contributed by atoms with Crippen molar-refractivity contribution in [3.8, 4) is 11.4 Å². The molecule has 1 amide bonds. The van der Waals surface area contributed by atoms with Crippen molar-refractivity contribution in [3.05, 3.63) is 102 Å². The molecule has 7 nitrogen and oxygen atoms in total. The van der Waals surface area contributed by atoms with Crippen molar-refractivity contribution in [2.24, 2.45) is 0 Å². The summed E-state index contributed by atoms with van der Waals surface area (Å²) in [4.78, 5) is 30.5. The summed E-state index contributed by atoms with van der Waals surface area (Å²) in [5, 5.41) is 6.26. The number of benzene rings is 1. The zero-order chi connectivity index (χ0) is 22.2. The number of nitrogens with zero attached hydrogens (tertiary/aromatic N) is 4. The monoisotopic (exact) mass is 424 g/mol. The molecule has 0 aliphatic carbocycles. The Kier molecular flexibility index (Phi) is 6.77. The lowest BCUT2D eigenvalue weighted by molar-refractivity contribution is -0.121. The molecule has 0 saturated heterocycles. The van der Waals surface area contributed by atoms with E-state index in [1.807, 2.05) is 67.7 Å². The van der Waals surface area contributed by atoms with E-state index < -0.39 is 0 Å². The molecule has 1 atom stereocenters. The van der Waals surface area contributed by atoms with Crippen molar-refractivity contribution >= 4 is 11.7 Å². The molecule has 1 aromatic carbocycles. The molecule has 4 aromatic rings. The summed E-state index contributed by atoms with van der Waals surface area (Å²) in [6.07, 6.45) is 7.69. The Labute approximate surface area is 187 Å². The van der Waals surface area contributed by atoms with E-state index in [1.165, 1.54) is 0 Å². The molecule has 0 unspecified atom stereocenters. The van der Waals surface area contributed by atoms with Crippen LogP contribution in [0.5, 0.6) is 0 Å². The summed E-state index contributed by atoms with van der Waals surface area (Å²) in [7, 11) is 1.81. The highest BCUT2D eigenvalue weighted by atomic mass is 16.1. The highest BCUT2D eigenvalue weighted by Crippen LogP contribution is 2.23. The van der Waals surface area contributed by atoms with Crippen LogP contribution in [-0.2, 0) is 17.6 Å². The minimum absolute atomic E-state index is 0.0912. The number of rotatable bonds is 8. The smallest absolute Gasteiger partial charge is 0.225 e. The number of pyridine rings is 2. The van der Waals surface area contributed by atoms with E-state index in [0.717, 1.165) is 22.4 Å². The molecular formula is C25H24N6O. The maximum absolute atomic E-state index is 12.9. The van der Waals surface area contributed by atoms with Crippen LogP contribution in [0.2, 0.25) is 0 Å². The van der Waals surface area contributed by atoms with Crippen molar-refractivity contribution in [1.29, 1.82) is 0 Å². The predicted octanol–water partition coefficient (Wildman–Crippen LogP) is 3.62. The van der Waals surface area contributed by atoms with Crippen molar-refractivity contribution in [3.63, 3.8) is 0 Å². The summed E-state index contributed by atoms with van der Waals surface area (Å²) < 4.78 is 0. The van der Waals surface area contributed by atoms with Gasteiger partial charge in [-0.2, -0.15) is 0 Å². The normalized spacial score (nSPS) is 11.5. The third kappa shape index (κ3) is 5.51. The van der Waals surface area contributed by atoms with Crippen LogP contribution in [0.25, 0.3) is 11.4 Å². The van der Waals surface area contributed by atoms with Gasteiger partial charge in [0.25, 0.3) is 0 Å². The first-order valence-electron chi connectivity index (χ1n) is 10.4. The van der Waals surface area contributed by atoms with Gasteiger partial charge in [-0.15, -0.1) is 0 Å². The SMILES string of the molecule is CNc1cc([C@@H](Cc2ccccc2)NC(=O)Cc2cccnc2)nc(-c2cccnc2)n1. The lowest BCUT2D eigenvalue weighted by Crippen LogP contribution is -2.32. The van der Waals surface area contributed by atoms with E-state index in [2.05, 4.69) is 25.6 Å². The third-order valence-corrected chi connectivity index (χ3v) is 4.98. The van der Waals surface area contributed by atoms with Gasteiger partial charge in [-0.25, -0.2) is 9.97 Å². The van der Waals surface area contributed by atoms with Crippen LogP contribution in [0.15, 0.2) is 85.5 Å². The fraction of sp³-hybridized carbons (Fsp3) is 0.160. The average molecular weight is 425 g/mol. The number of hydrogen-bond acceptors (Lipinski definition) is 6. The minimum atomic E-state index is -0.327. The fourth-order valence-electron chi connectivity index (χ4n) is 3.41. The molecule has 0 radical (unpaired) electrons. The van der Waals surface area contributed by atoms with Gasteiger partial charge >= 0.3 is 0 Å². The molecule has 2 N–H and O–H groups in total. The number of aromatic nitrogens is 4. The molecule has 0 fully saturated rings. The average Bonchev–Trinajstić information content (AvgIpc) is 2.85. The first kappa shape index (κ1) is 21.1. The van der Waals surface area contributed by atoms with Gasteiger partial charge in [0.05, 0.1) is 18.2 Å².